The summed E-state index contributed by atoms with van der Waals surface area (Å²) in [6, 6.07) is 6.53. The fourth-order valence-electron chi connectivity index (χ4n) is 2.72. The third-order valence-electron chi connectivity index (χ3n) is 4.10. The van der Waals surface area contributed by atoms with Crippen LogP contribution in [0.2, 0.25) is 0 Å². The summed E-state index contributed by atoms with van der Waals surface area (Å²) in [5.74, 6) is -0.252. The lowest BCUT2D eigenvalue weighted by Crippen LogP contribution is -2.49. The van der Waals surface area contributed by atoms with E-state index in [1.807, 2.05) is 4.90 Å². The van der Waals surface area contributed by atoms with Crippen LogP contribution < -0.4 is 0 Å². The van der Waals surface area contributed by atoms with Crippen molar-refractivity contribution in [2.24, 2.45) is 0 Å². The highest BCUT2D eigenvalue weighted by Crippen LogP contribution is 2.11. The third kappa shape index (κ3) is 4.81. The van der Waals surface area contributed by atoms with Crippen molar-refractivity contribution in [3.8, 4) is 0 Å². The van der Waals surface area contributed by atoms with Crippen molar-refractivity contribution < 1.29 is 9.18 Å². The van der Waals surface area contributed by atoms with Crippen molar-refractivity contribution in [3.63, 3.8) is 0 Å². The number of rotatable bonds is 6. The summed E-state index contributed by atoms with van der Waals surface area (Å²) in [7, 11) is 0. The molecule has 1 aromatic rings. The van der Waals surface area contributed by atoms with E-state index in [1.165, 1.54) is 25.3 Å². The first-order valence-electron chi connectivity index (χ1n) is 7.94. The molecule has 1 heterocycles. The molecule has 1 fully saturated rings. The van der Waals surface area contributed by atoms with Gasteiger partial charge >= 0.3 is 0 Å². The Morgan fingerprint density at radius 2 is 1.86 bits per heavy atom. The van der Waals surface area contributed by atoms with Gasteiger partial charge < -0.3 is 4.90 Å². The van der Waals surface area contributed by atoms with Crippen LogP contribution in [0.5, 0.6) is 0 Å². The van der Waals surface area contributed by atoms with Gasteiger partial charge in [0.2, 0.25) is 5.91 Å². The summed E-state index contributed by atoms with van der Waals surface area (Å²) in [5.41, 5.74) is 0.493. The zero-order chi connectivity index (χ0) is 15.1. The number of carbonyl (C=O) groups is 1. The van der Waals surface area contributed by atoms with E-state index >= 15 is 0 Å². The molecule has 0 atom stereocenters. The standard InChI is InChI=1S/C17H25FN2O/c1-2-3-6-9-19-10-12-20(13-11-19)17(21)14-15-7-4-5-8-16(15)18/h4-5,7-8H,2-3,6,9-14H2,1H3. The van der Waals surface area contributed by atoms with Crippen LogP contribution in [0, 0.1) is 5.82 Å². The largest absolute Gasteiger partial charge is 0.340 e. The van der Waals surface area contributed by atoms with Crippen LogP contribution in [0.25, 0.3) is 0 Å². The van der Waals surface area contributed by atoms with Gasteiger partial charge in [-0.15, -0.1) is 0 Å². The van der Waals surface area contributed by atoms with Gasteiger partial charge in [0.25, 0.3) is 0 Å². The predicted octanol–water partition coefficient (Wildman–Crippen LogP) is 2.70. The Kier molecular flexibility index (Phi) is 6.18. The quantitative estimate of drug-likeness (QED) is 0.753. The minimum absolute atomic E-state index is 0.0355. The van der Waals surface area contributed by atoms with Crippen LogP contribution in [-0.2, 0) is 11.2 Å². The van der Waals surface area contributed by atoms with Gasteiger partial charge in [0.15, 0.2) is 0 Å². The Balaban J connectivity index is 1.77. The van der Waals surface area contributed by atoms with Gasteiger partial charge in [0.1, 0.15) is 5.82 Å². The summed E-state index contributed by atoms with van der Waals surface area (Å²) < 4.78 is 13.6. The third-order valence-corrected chi connectivity index (χ3v) is 4.10. The second-order valence-corrected chi connectivity index (χ2v) is 5.70. The van der Waals surface area contributed by atoms with E-state index in [9.17, 15) is 9.18 Å². The second kappa shape index (κ2) is 8.13. The maximum Gasteiger partial charge on any atom is 0.227 e. The molecule has 1 aliphatic rings. The molecule has 1 aliphatic heterocycles. The highest BCUT2D eigenvalue weighted by Gasteiger charge is 2.21. The number of amides is 1. The Morgan fingerprint density at radius 3 is 2.52 bits per heavy atom. The molecule has 116 valence electrons. The fourth-order valence-corrected chi connectivity index (χ4v) is 2.72. The molecule has 0 aliphatic carbocycles. The molecule has 1 amide bonds. The molecular weight excluding hydrogens is 267 g/mol. The van der Waals surface area contributed by atoms with Crippen LogP contribution in [0.15, 0.2) is 24.3 Å². The molecule has 21 heavy (non-hydrogen) atoms. The highest BCUT2D eigenvalue weighted by molar-refractivity contribution is 5.78. The number of hydrogen-bond acceptors (Lipinski definition) is 2. The van der Waals surface area contributed by atoms with Gasteiger partial charge in [-0.1, -0.05) is 38.0 Å². The molecule has 4 heteroatoms. The van der Waals surface area contributed by atoms with E-state index in [4.69, 9.17) is 0 Å². The van der Waals surface area contributed by atoms with E-state index in [2.05, 4.69) is 11.8 Å². The van der Waals surface area contributed by atoms with Crippen molar-refractivity contribution in [3.05, 3.63) is 35.6 Å². The fraction of sp³-hybridized carbons (Fsp3) is 0.588. The summed E-state index contributed by atoms with van der Waals surface area (Å²) in [6.07, 6.45) is 3.91. The molecule has 0 radical (unpaired) electrons. The summed E-state index contributed by atoms with van der Waals surface area (Å²) in [4.78, 5) is 16.5. The van der Waals surface area contributed by atoms with Gasteiger partial charge in [0, 0.05) is 26.2 Å². The molecule has 0 bridgehead atoms. The molecule has 0 aromatic heterocycles. The predicted molar refractivity (Wildman–Crippen MR) is 82.6 cm³/mol. The maximum atomic E-state index is 13.6. The van der Waals surface area contributed by atoms with Gasteiger partial charge in [-0.05, 0) is 24.6 Å². The number of carbonyl (C=O) groups excluding carboxylic acids is 1. The minimum Gasteiger partial charge on any atom is -0.340 e. The average molecular weight is 292 g/mol. The monoisotopic (exact) mass is 292 g/mol. The van der Waals surface area contributed by atoms with Crippen LogP contribution in [0.4, 0.5) is 4.39 Å². The van der Waals surface area contributed by atoms with Gasteiger partial charge in [0.05, 0.1) is 6.42 Å². The molecular formula is C17H25FN2O. The highest BCUT2D eigenvalue weighted by atomic mass is 19.1. The van der Waals surface area contributed by atoms with Gasteiger partial charge in [-0.2, -0.15) is 0 Å². The second-order valence-electron chi connectivity index (χ2n) is 5.70. The van der Waals surface area contributed by atoms with Gasteiger partial charge in [-0.25, -0.2) is 4.39 Å². The van der Waals surface area contributed by atoms with E-state index in [1.54, 1.807) is 18.2 Å². The van der Waals surface area contributed by atoms with Gasteiger partial charge in [-0.3, -0.25) is 9.69 Å². The summed E-state index contributed by atoms with van der Waals surface area (Å²) in [5, 5.41) is 0. The lowest BCUT2D eigenvalue weighted by Gasteiger charge is -2.34. The lowest BCUT2D eigenvalue weighted by molar-refractivity contribution is -0.132. The normalized spacial score (nSPS) is 16.2. The number of halogens is 1. The number of benzene rings is 1. The van der Waals surface area contributed by atoms with Crippen molar-refractivity contribution >= 4 is 5.91 Å². The van der Waals surface area contributed by atoms with Crippen molar-refractivity contribution in [2.75, 3.05) is 32.7 Å². The molecule has 1 aromatic carbocycles. The lowest BCUT2D eigenvalue weighted by atomic mass is 10.1. The molecule has 0 spiro atoms. The van der Waals surface area contributed by atoms with Crippen molar-refractivity contribution in [1.82, 2.24) is 9.80 Å². The van der Waals surface area contributed by atoms with E-state index in [0.717, 1.165) is 32.7 Å². The zero-order valence-electron chi connectivity index (χ0n) is 12.9. The molecule has 0 saturated carbocycles. The van der Waals surface area contributed by atoms with E-state index < -0.39 is 0 Å². The van der Waals surface area contributed by atoms with Crippen LogP contribution in [-0.4, -0.2) is 48.4 Å². The molecule has 0 N–H and O–H groups in total. The Bertz CT molecular complexity index is 456. The molecule has 0 unspecified atom stereocenters. The SMILES string of the molecule is CCCCCN1CCN(C(=O)Cc2ccccc2F)CC1. The minimum atomic E-state index is -0.288. The van der Waals surface area contributed by atoms with Crippen LogP contribution in [0.3, 0.4) is 0 Å². The van der Waals surface area contributed by atoms with Crippen LogP contribution in [0.1, 0.15) is 31.7 Å². The van der Waals surface area contributed by atoms with E-state index in [-0.39, 0.29) is 18.1 Å². The first kappa shape index (κ1) is 16.0. The zero-order valence-corrected chi connectivity index (χ0v) is 12.9. The number of piperazine rings is 1. The Morgan fingerprint density at radius 1 is 1.14 bits per heavy atom. The summed E-state index contributed by atoms with van der Waals surface area (Å²) in [6.45, 7) is 6.74. The Labute approximate surface area is 126 Å². The first-order valence-corrected chi connectivity index (χ1v) is 7.94. The molecule has 3 nitrogen and oxygen atoms in total. The maximum absolute atomic E-state index is 13.6. The molecule has 2 rings (SSSR count). The summed E-state index contributed by atoms with van der Waals surface area (Å²) >= 11 is 0. The van der Waals surface area contributed by atoms with Crippen molar-refractivity contribution in [2.45, 2.75) is 32.6 Å². The molecule has 1 saturated heterocycles. The smallest absolute Gasteiger partial charge is 0.227 e. The topological polar surface area (TPSA) is 23.6 Å². The Hall–Kier alpha value is -1.42. The average Bonchev–Trinajstić information content (AvgIpc) is 2.50. The van der Waals surface area contributed by atoms with Crippen molar-refractivity contribution in [1.29, 1.82) is 0 Å². The first-order chi connectivity index (χ1) is 10.2. The van der Waals surface area contributed by atoms with E-state index in [0.29, 0.717) is 5.56 Å². The van der Waals surface area contributed by atoms with Crippen LogP contribution >= 0.6 is 0 Å². The number of unbranched alkanes of at least 4 members (excludes halogenated alkanes) is 2. The number of nitrogens with zero attached hydrogens (tertiary/aromatic N) is 2. The number of hydrogen-bond donors (Lipinski definition) is 0.